The molecular formula is C9H15NO. The number of carbonyl (C=O) groups excluding carboxylic acids is 1. The minimum Gasteiger partial charge on any atom is -0.354 e. The van der Waals surface area contributed by atoms with Crippen LogP contribution in [0.25, 0.3) is 0 Å². The highest BCUT2D eigenvalue weighted by atomic mass is 16.1. The first-order valence-corrected chi connectivity index (χ1v) is 4.47. The molecule has 0 radical (unpaired) electrons. The maximum absolute atomic E-state index is 10.7. The van der Waals surface area contributed by atoms with Gasteiger partial charge in [0, 0.05) is 13.0 Å². The largest absolute Gasteiger partial charge is 0.354 e. The van der Waals surface area contributed by atoms with E-state index in [1.54, 1.807) is 6.92 Å². The van der Waals surface area contributed by atoms with E-state index in [9.17, 15) is 4.79 Å². The first-order chi connectivity index (χ1) is 5.20. The third-order valence-corrected chi connectivity index (χ3v) is 3.07. The molecule has 0 bridgehead atoms. The van der Waals surface area contributed by atoms with Crippen LogP contribution >= 0.6 is 0 Å². The molecule has 2 nitrogen and oxygen atoms in total. The van der Waals surface area contributed by atoms with Gasteiger partial charge in [-0.2, -0.15) is 0 Å². The summed E-state index contributed by atoms with van der Waals surface area (Å²) in [6.07, 6.45) is 6.61. The molecule has 2 aliphatic carbocycles. The highest BCUT2D eigenvalue weighted by molar-refractivity contribution is 5.73. The smallest absolute Gasteiger partial charge is 0.217 e. The van der Waals surface area contributed by atoms with Crippen LogP contribution in [0.1, 0.15) is 39.0 Å². The summed E-state index contributed by atoms with van der Waals surface area (Å²) in [4.78, 5) is 10.7. The standard InChI is InChI=1S/C9H15NO/c1-7(11)10-8-2-3-9(6-8)4-5-9/h8H,2-6H2,1H3,(H,10,11)/t8-/m1/s1. The Balaban J connectivity index is 1.85. The molecule has 2 saturated carbocycles. The Labute approximate surface area is 67.4 Å². The Morgan fingerprint density at radius 2 is 2.18 bits per heavy atom. The second-order valence-electron chi connectivity index (χ2n) is 4.14. The zero-order valence-electron chi connectivity index (χ0n) is 7.02. The van der Waals surface area contributed by atoms with Crippen molar-refractivity contribution in [3.8, 4) is 0 Å². The molecule has 0 aromatic rings. The number of rotatable bonds is 1. The summed E-state index contributed by atoms with van der Waals surface area (Å²) in [5, 5.41) is 3.00. The topological polar surface area (TPSA) is 29.1 Å². The molecule has 0 aliphatic heterocycles. The minimum absolute atomic E-state index is 0.132. The second kappa shape index (κ2) is 2.23. The fourth-order valence-corrected chi connectivity index (χ4v) is 2.25. The van der Waals surface area contributed by atoms with Crippen molar-refractivity contribution < 1.29 is 4.79 Å². The quantitative estimate of drug-likeness (QED) is 0.607. The zero-order valence-corrected chi connectivity index (χ0v) is 7.02. The van der Waals surface area contributed by atoms with Crippen LogP contribution in [0.4, 0.5) is 0 Å². The fourth-order valence-electron chi connectivity index (χ4n) is 2.25. The lowest BCUT2D eigenvalue weighted by Gasteiger charge is -2.10. The van der Waals surface area contributed by atoms with E-state index in [1.165, 1.54) is 32.1 Å². The van der Waals surface area contributed by atoms with E-state index < -0.39 is 0 Å². The lowest BCUT2D eigenvalue weighted by Crippen LogP contribution is -2.30. The van der Waals surface area contributed by atoms with Gasteiger partial charge in [-0.25, -0.2) is 0 Å². The van der Waals surface area contributed by atoms with Gasteiger partial charge in [-0.15, -0.1) is 0 Å². The SMILES string of the molecule is CC(=O)N[C@@H]1CCC2(CC2)C1. The van der Waals surface area contributed by atoms with Gasteiger partial charge in [0.2, 0.25) is 5.91 Å². The van der Waals surface area contributed by atoms with Crippen molar-refractivity contribution in [2.24, 2.45) is 5.41 Å². The first-order valence-electron chi connectivity index (χ1n) is 4.47. The van der Waals surface area contributed by atoms with Crippen LogP contribution in [0, 0.1) is 5.41 Å². The third kappa shape index (κ3) is 1.39. The van der Waals surface area contributed by atoms with E-state index in [2.05, 4.69) is 5.32 Å². The van der Waals surface area contributed by atoms with Gasteiger partial charge in [0.05, 0.1) is 0 Å². The molecule has 0 heterocycles. The van der Waals surface area contributed by atoms with Crippen molar-refractivity contribution >= 4 is 5.91 Å². The summed E-state index contributed by atoms with van der Waals surface area (Å²) < 4.78 is 0. The molecule has 1 atom stereocenters. The molecule has 2 aliphatic rings. The molecule has 62 valence electrons. The molecule has 0 saturated heterocycles. The lowest BCUT2D eigenvalue weighted by atomic mass is 10.1. The highest BCUT2D eigenvalue weighted by Gasteiger charge is 2.48. The predicted molar refractivity (Wildman–Crippen MR) is 43.1 cm³/mol. The number of amides is 1. The number of nitrogens with one attached hydrogen (secondary N) is 1. The summed E-state index contributed by atoms with van der Waals surface area (Å²) in [7, 11) is 0. The van der Waals surface area contributed by atoms with E-state index in [4.69, 9.17) is 0 Å². The van der Waals surface area contributed by atoms with E-state index in [-0.39, 0.29) is 5.91 Å². The van der Waals surface area contributed by atoms with E-state index in [0.29, 0.717) is 11.5 Å². The molecule has 1 spiro atoms. The van der Waals surface area contributed by atoms with Crippen LogP contribution in [0.5, 0.6) is 0 Å². The number of carbonyl (C=O) groups is 1. The van der Waals surface area contributed by atoms with Gasteiger partial charge in [0.15, 0.2) is 0 Å². The van der Waals surface area contributed by atoms with E-state index in [1.807, 2.05) is 0 Å². The van der Waals surface area contributed by atoms with Gasteiger partial charge in [0.1, 0.15) is 0 Å². The van der Waals surface area contributed by atoms with Crippen LogP contribution in [0.3, 0.4) is 0 Å². The molecule has 11 heavy (non-hydrogen) atoms. The maximum atomic E-state index is 10.7. The summed E-state index contributed by atoms with van der Waals surface area (Å²) in [6, 6.07) is 0.495. The molecular weight excluding hydrogens is 138 g/mol. The molecule has 2 rings (SSSR count). The summed E-state index contributed by atoms with van der Waals surface area (Å²) >= 11 is 0. The van der Waals surface area contributed by atoms with Gasteiger partial charge < -0.3 is 5.32 Å². The van der Waals surface area contributed by atoms with Crippen LogP contribution in [0.2, 0.25) is 0 Å². The lowest BCUT2D eigenvalue weighted by molar-refractivity contribution is -0.119. The molecule has 2 heteroatoms. The van der Waals surface area contributed by atoms with Crippen LogP contribution in [-0.2, 0) is 4.79 Å². The van der Waals surface area contributed by atoms with Crippen LogP contribution in [0.15, 0.2) is 0 Å². The van der Waals surface area contributed by atoms with Crippen molar-refractivity contribution in [1.29, 1.82) is 0 Å². The Morgan fingerprint density at radius 1 is 1.45 bits per heavy atom. The fraction of sp³-hybridized carbons (Fsp3) is 0.889. The molecule has 2 fully saturated rings. The first kappa shape index (κ1) is 7.14. The van der Waals surface area contributed by atoms with Crippen molar-refractivity contribution in [2.45, 2.75) is 45.1 Å². The average Bonchev–Trinajstić information content (AvgIpc) is 2.51. The monoisotopic (exact) mass is 153 g/mol. The third-order valence-electron chi connectivity index (χ3n) is 3.07. The zero-order chi connectivity index (χ0) is 7.90. The molecule has 1 N–H and O–H groups in total. The highest BCUT2D eigenvalue weighted by Crippen LogP contribution is 2.57. The minimum atomic E-state index is 0.132. The van der Waals surface area contributed by atoms with Crippen molar-refractivity contribution in [2.75, 3.05) is 0 Å². The summed E-state index contributed by atoms with van der Waals surface area (Å²) in [5.41, 5.74) is 0.688. The van der Waals surface area contributed by atoms with Crippen LogP contribution < -0.4 is 5.32 Å². The Morgan fingerprint density at radius 3 is 2.64 bits per heavy atom. The second-order valence-corrected chi connectivity index (χ2v) is 4.14. The predicted octanol–water partition coefficient (Wildman–Crippen LogP) is 1.46. The maximum Gasteiger partial charge on any atom is 0.217 e. The summed E-state index contributed by atoms with van der Waals surface area (Å²) in [6.45, 7) is 1.61. The Bertz CT molecular complexity index is 184. The molecule has 0 aromatic carbocycles. The average molecular weight is 153 g/mol. The molecule has 1 amide bonds. The van der Waals surface area contributed by atoms with Gasteiger partial charge >= 0.3 is 0 Å². The van der Waals surface area contributed by atoms with E-state index in [0.717, 1.165) is 0 Å². The summed E-state index contributed by atoms with van der Waals surface area (Å²) in [5.74, 6) is 0.132. The van der Waals surface area contributed by atoms with Gasteiger partial charge in [0.25, 0.3) is 0 Å². The molecule has 0 aromatic heterocycles. The number of hydrogen-bond donors (Lipinski definition) is 1. The normalized spacial score (nSPS) is 32.3. The van der Waals surface area contributed by atoms with Gasteiger partial charge in [-0.3, -0.25) is 4.79 Å². The van der Waals surface area contributed by atoms with Crippen molar-refractivity contribution in [3.63, 3.8) is 0 Å². The van der Waals surface area contributed by atoms with E-state index >= 15 is 0 Å². The van der Waals surface area contributed by atoms with Gasteiger partial charge in [-0.1, -0.05) is 0 Å². The Kier molecular flexibility index (Phi) is 1.44. The molecule has 0 unspecified atom stereocenters. The van der Waals surface area contributed by atoms with Gasteiger partial charge in [-0.05, 0) is 37.5 Å². The Hall–Kier alpha value is -0.530. The van der Waals surface area contributed by atoms with Crippen LogP contribution in [-0.4, -0.2) is 11.9 Å². The number of hydrogen-bond acceptors (Lipinski definition) is 1. The van der Waals surface area contributed by atoms with Crippen molar-refractivity contribution in [1.82, 2.24) is 5.32 Å². The van der Waals surface area contributed by atoms with Crippen molar-refractivity contribution in [3.05, 3.63) is 0 Å².